The minimum Gasteiger partial charge on any atom is -0.408 e. The second-order valence-electron chi connectivity index (χ2n) is 6.71. The van der Waals surface area contributed by atoms with Crippen LogP contribution >= 0.6 is 0 Å². The molecule has 0 aliphatic carbocycles. The van der Waals surface area contributed by atoms with E-state index in [0.29, 0.717) is 29.8 Å². The fourth-order valence-corrected chi connectivity index (χ4v) is 3.01. The molecule has 7 heteroatoms. The molecule has 142 valence electrons. The Hall–Kier alpha value is -3.09. The topological polar surface area (TPSA) is 80.4 Å². The van der Waals surface area contributed by atoms with Crippen molar-refractivity contribution in [2.24, 2.45) is 0 Å². The van der Waals surface area contributed by atoms with Gasteiger partial charge in [0.15, 0.2) is 5.58 Å². The van der Waals surface area contributed by atoms with Crippen LogP contribution in [0.25, 0.3) is 11.1 Å². The van der Waals surface area contributed by atoms with Gasteiger partial charge in [0.1, 0.15) is 0 Å². The molecule has 0 saturated heterocycles. The van der Waals surface area contributed by atoms with Crippen molar-refractivity contribution in [3.8, 4) is 0 Å². The van der Waals surface area contributed by atoms with Crippen molar-refractivity contribution in [1.82, 2.24) is 14.5 Å². The first-order valence-corrected chi connectivity index (χ1v) is 8.97. The van der Waals surface area contributed by atoms with Crippen LogP contribution in [0.5, 0.6) is 0 Å². The Labute approximate surface area is 157 Å². The highest BCUT2D eigenvalue weighted by Crippen LogP contribution is 2.19. The Morgan fingerprint density at radius 3 is 2.81 bits per heavy atom. The summed E-state index contributed by atoms with van der Waals surface area (Å²) in [5.74, 6) is -0.396. The number of carbonyl (C=O) groups is 1. The number of benzene rings is 1. The summed E-state index contributed by atoms with van der Waals surface area (Å²) in [6, 6.07) is 8.93. The predicted octanol–water partition coefficient (Wildman–Crippen LogP) is 3.41. The summed E-state index contributed by atoms with van der Waals surface area (Å²) in [4.78, 5) is 30.4. The van der Waals surface area contributed by atoms with Crippen molar-refractivity contribution in [3.63, 3.8) is 0 Å². The molecule has 3 aromatic rings. The van der Waals surface area contributed by atoms with Crippen molar-refractivity contribution in [3.05, 3.63) is 58.3 Å². The standard InChI is InChI=1S/C20H24N4O3/c1-5-24-17-7-6-15(12-18(17)27-20(24)26)22-19(25)23(4)14(3)11-16-10-13(2)8-9-21-16/h6-10,12,14H,5,11H2,1-4H3,(H,22,25)/t14-/m1/s1. The van der Waals surface area contributed by atoms with E-state index >= 15 is 0 Å². The van der Waals surface area contributed by atoms with E-state index in [2.05, 4.69) is 10.3 Å². The van der Waals surface area contributed by atoms with Gasteiger partial charge in [-0.2, -0.15) is 0 Å². The molecule has 0 aliphatic heterocycles. The lowest BCUT2D eigenvalue weighted by Gasteiger charge is -2.25. The number of anilines is 1. The zero-order valence-corrected chi connectivity index (χ0v) is 16.0. The van der Waals surface area contributed by atoms with Crippen LogP contribution in [-0.4, -0.2) is 33.6 Å². The average molecular weight is 368 g/mol. The van der Waals surface area contributed by atoms with Crippen LogP contribution in [0.3, 0.4) is 0 Å². The van der Waals surface area contributed by atoms with Crippen LogP contribution < -0.4 is 11.1 Å². The molecule has 1 atom stereocenters. The van der Waals surface area contributed by atoms with Gasteiger partial charge < -0.3 is 14.6 Å². The van der Waals surface area contributed by atoms with Gasteiger partial charge in [-0.05, 0) is 50.6 Å². The number of amides is 2. The summed E-state index contributed by atoms with van der Waals surface area (Å²) < 4.78 is 6.79. The monoisotopic (exact) mass is 368 g/mol. The summed E-state index contributed by atoms with van der Waals surface area (Å²) in [7, 11) is 1.75. The largest absolute Gasteiger partial charge is 0.419 e. The number of hydrogen-bond acceptors (Lipinski definition) is 4. The zero-order valence-electron chi connectivity index (χ0n) is 16.0. The van der Waals surface area contributed by atoms with Gasteiger partial charge in [0, 0.05) is 49.7 Å². The van der Waals surface area contributed by atoms with Crippen molar-refractivity contribution >= 4 is 22.8 Å². The molecular formula is C20H24N4O3. The molecule has 0 fully saturated rings. The molecule has 0 saturated carbocycles. The number of hydrogen-bond donors (Lipinski definition) is 1. The number of urea groups is 1. The van der Waals surface area contributed by atoms with Gasteiger partial charge in [0.05, 0.1) is 5.52 Å². The zero-order chi connectivity index (χ0) is 19.6. The third kappa shape index (κ3) is 4.02. The summed E-state index contributed by atoms with van der Waals surface area (Å²) in [5, 5.41) is 2.85. The number of rotatable bonds is 5. The summed E-state index contributed by atoms with van der Waals surface area (Å²) in [5.41, 5.74) is 3.85. The molecule has 7 nitrogen and oxygen atoms in total. The van der Waals surface area contributed by atoms with Crippen LogP contribution in [-0.2, 0) is 13.0 Å². The van der Waals surface area contributed by atoms with E-state index in [1.165, 1.54) is 0 Å². The second-order valence-corrected chi connectivity index (χ2v) is 6.71. The maximum absolute atomic E-state index is 12.6. The van der Waals surface area contributed by atoms with E-state index in [1.54, 1.807) is 40.9 Å². The summed E-state index contributed by atoms with van der Waals surface area (Å²) in [6.07, 6.45) is 2.45. The highest BCUT2D eigenvalue weighted by atomic mass is 16.4. The normalized spacial score (nSPS) is 12.1. The lowest BCUT2D eigenvalue weighted by Crippen LogP contribution is -2.39. The molecule has 0 spiro atoms. The highest BCUT2D eigenvalue weighted by molar-refractivity contribution is 5.91. The van der Waals surface area contributed by atoms with Crippen LogP contribution in [0.2, 0.25) is 0 Å². The lowest BCUT2D eigenvalue weighted by atomic mass is 10.1. The number of pyridine rings is 1. The smallest absolute Gasteiger partial charge is 0.408 e. The molecule has 1 aromatic carbocycles. The minimum absolute atomic E-state index is 0.0258. The van der Waals surface area contributed by atoms with E-state index in [-0.39, 0.29) is 12.1 Å². The number of oxazole rings is 1. The third-order valence-corrected chi connectivity index (χ3v) is 4.69. The van der Waals surface area contributed by atoms with E-state index < -0.39 is 5.76 Å². The molecular weight excluding hydrogens is 344 g/mol. The Morgan fingerprint density at radius 1 is 1.33 bits per heavy atom. The molecule has 2 amide bonds. The number of fused-ring (bicyclic) bond motifs is 1. The highest BCUT2D eigenvalue weighted by Gasteiger charge is 2.17. The number of aryl methyl sites for hydroxylation is 2. The molecule has 0 radical (unpaired) electrons. The number of aromatic nitrogens is 2. The minimum atomic E-state index is -0.396. The van der Waals surface area contributed by atoms with Crippen LogP contribution in [0, 0.1) is 6.92 Å². The third-order valence-electron chi connectivity index (χ3n) is 4.69. The lowest BCUT2D eigenvalue weighted by molar-refractivity contribution is 0.207. The Morgan fingerprint density at radius 2 is 2.11 bits per heavy atom. The van der Waals surface area contributed by atoms with Gasteiger partial charge in [-0.3, -0.25) is 9.55 Å². The first-order valence-electron chi connectivity index (χ1n) is 8.97. The molecule has 1 N–H and O–H groups in total. The molecule has 27 heavy (non-hydrogen) atoms. The van der Waals surface area contributed by atoms with Crippen molar-refractivity contribution in [2.75, 3.05) is 12.4 Å². The number of carbonyl (C=O) groups excluding carboxylic acids is 1. The van der Waals surface area contributed by atoms with E-state index in [1.807, 2.05) is 32.9 Å². The molecule has 2 heterocycles. The molecule has 0 unspecified atom stereocenters. The Kier molecular flexibility index (Phi) is 5.30. The van der Waals surface area contributed by atoms with E-state index in [9.17, 15) is 9.59 Å². The van der Waals surface area contributed by atoms with Crippen LogP contribution in [0.15, 0.2) is 45.7 Å². The Balaban J connectivity index is 1.70. The van der Waals surface area contributed by atoms with Crippen LogP contribution in [0.4, 0.5) is 10.5 Å². The number of nitrogens with one attached hydrogen (secondary N) is 1. The van der Waals surface area contributed by atoms with Gasteiger partial charge in [-0.1, -0.05) is 0 Å². The SMILES string of the molecule is CCn1c(=O)oc2cc(NC(=O)N(C)[C@H](C)Cc3cc(C)ccn3)ccc21. The molecule has 0 aliphatic rings. The quantitative estimate of drug-likeness (QED) is 0.748. The molecule has 3 rings (SSSR count). The maximum atomic E-state index is 12.6. The van der Waals surface area contributed by atoms with Crippen molar-refractivity contribution < 1.29 is 9.21 Å². The van der Waals surface area contributed by atoms with E-state index in [0.717, 1.165) is 11.3 Å². The molecule has 0 bridgehead atoms. The Bertz CT molecular complexity index is 1020. The fourth-order valence-electron chi connectivity index (χ4n) is 3.01. The summed E-state index contributed by atoms with van der Waals surface area (Å²) >= 11 is 0. The predicted molar refractivity (Wildman–Crippen MR) is 105 cm³/mol. The first-order chi connectivity index (χ1) is 12.9. The van der Waals surface area contributed by atoms with Gasteiger partial charge >= 0.3 is 11.8 Å². The van der Waals surface area contributed by atoms with Crippen molar-refractivity contribution in [2.45, 2.75) is 39.8 Å². The first kappa shape index (κ1) is 18.7. The summed E-state index contributed by atoms with van der Waals surface area (Å²) in [6.45, 7) is 6.41. The fraction of sp³-hybridized carbons (Fsp3) is 0.350. The van der Waals surface area contributed by atoms with Gasteiger partial charge in [0.2, 0.25) is 0 Å². The van der Waals surface area contributed by atoms with Gasteiger partial charge in [0.25, 0.3) is 0 Å². The van der Waals surface area contributed by atoms with Gasteiger partial charge in [-0.15, -0.1) is 0 Å². The molecule has 2 aromatic heterocycles. The van der Waals surface area contributed by atoms with Gasteiger partial charge in [-0.25, -0.2) is 9.59 Å². The number of likely N-dealkylation sites (N-methyl/N-ethyl adjacent to an activating group) is 1. The average Bonchev–Trinajstić information content (AvgIpc) is 2.95. The van der Waals surface area contributed by atoms with Crippen LogP contribution in [0.1, 0.15) is 25.1 Å². The number of nitrogens with zero attached hydrogens (tertiary/aromatic N) is 3. The van der Waals surface area contributed by atoms with E-state index in [4.69, 9.17) is 4.42 Å². The second kappa shape index (κ2) is 7.65. The van der Waals surface area contributed by atoms with Crippen molar-refractivity contribution in [1.29, 1.82) is 0 Å². The maximum Gasteiger partial charge on any atom is 0.419 e.